The molecular formula is C14H19NO2. The molecule has 1 aliphatic heterocycles. The van der Waals surface area contributed by atoms with Crippen LogP contribution in [0.15, 0.2) is 30.3 Å². The van der Waals surface area contributed by atoms with Crippen LogP contribution >= 0.6 is 0 Å². The second kappa shape index (κ2) is 5.82. The van der Waals surface area contributed by atoms with Crippen molar-refractivity contribution in [1.82, 2.24) is 4.90 Å². The number of ether oxygens (including phenoxy) is 1. The standard InChI is InChI=1S/C14H19NO2/c1-12(13-5-3-2-4-6-13)11-14(16)15-7-9-17-10-8-15/h2-6,12H,7-11H2,1H3/t12-/m1/s1. The summed E-state index contributed by atoms with van der Waals surface area (Å²) in [5, 5.41) is 0. The Bertz CT molecular complexity index is 358. The number of rotatable bonds is 3. The Morgan fingerprint density at radius 1 is 1.29 bits per heavy atom. The molecule has 2 rings (SSSR count). The van der Waals surface area contributed by atoms with Crippen LogP contribution in [0.3, 0.4) is 0 Å². The third-order valence-corrected chi connectivity index (χ3v) is 3.21. The van der Waals surface area contributed by atoms with E-state index in [0.29, 0.717) is 19.6 Å². The molecule has 17 heavy (non-hydrogen) atoms. The fourth-order valence-electron chi connectivity index (χ4n) is 2.10. The minimum atomic E-state index is 0.240. The highest BCUT2D eigenvalue weighted by atomic mass is 16.5. The summed E-state index contributed by atoms with van der Waals surface area (Å²) in [6, 6.07) is 10.2. The lowest BCUT2D eigenvalue weighted by Gasteiger charge is -2.28. The molecule has 1 aromatic rings. The number of amides is 1. The van der Waals surface area contributed by atoms with Gasteiger partial charge in [0.25, 0.3) is 0 Å². The van der Waals surface area contributed by atoms with Gasteiger partial charge in [0.05, 0.1) is 13.2 Å². The van der Waals surface area contributed by atoms with Crippen LogP contribution in [-0.2, 0) is 9.53 Å². The third-order valence-electron chi connectivity index (χ3n) is 3.21. The van der Waals surface area contributed by atoms with E-state index >= 15 is 0 Å². The van der Waals surface area contributed by atoms with E-state index < -0.39 is 0 Å². The van der Waals surface area contributed by atoms with E-state index in [1.807, 2.05) is 23.1 Å². The minimum absolute atomic E-state index is 0.240. The topological polar surface area (TPSA) is 29.5 Å². The molecule has 0 aromatic heterocycles. The molecule has 1 amide bonds. The van der Waals surface area contributed by atoms with Crippen molar-refractivity contribution in [2.24, 2.45) is 0 Å². The van der Waals surface area contributed by atoms with Gasteiger partial charge in [0, 0.05) is 19.5 Å². The Morgan fingerprint density at radius 3 is 2.59 bits per heavy atom. The molecule has 0 unspecified atom stereocenters. The molecule has 1 heterocycles. The van der Waals surface area contributed by atoms with Gasteiger partial charge in [0.2, 0.25) is 5.91 Å². The number of benzene rings is 1. The average molecular weight is 233 g/mol. The van der Waals surface area contributed by atoms with Crippen molar-refractivity contribution in [3.63, 3.8) is 0 Å². The molecular weight excluding hydrogens is 214 g/mol. The number of hydrogen-bond donors (Lipinski definition) is 0. The fraction of sp³-hybridized carbons (Fsp3) is 0.500. The Labute approximate surface area is 102 Å². The first-order chi connectivity index (χ1) is 8.27. The van der Waals surface area contributed by atoms with Crippen LogP contribution in [0.5, 0.6) is 0 Å². The largest absolute Gasteiger partial charge is 0.378 e. The highest BCUT2D eigenvalue weighted by Gasteiger charge is 2.19. The van der Waals surface area contributed by atoms with Gasteiger partial charge < -0.3 is 9.64 Å². The van der Waals surface area contributed by atoms with Crippen LogP contribution in [0.25, 0.3) is 0 Å². The lowest BCUT2D eigenvalue weighted by atomic mass is 9.97. The van der Waals surface area contributed by atoms with Crippen LogP contribution in [0.1, 0.15) is 24.8 Å². The second-order valence-electron chi connectivity index (χ2n) is 4.51. The van der Waals surface area contributed by atoms with Gasteiger partial charge in [-0.25, -0.2) is 0 Å². The number of carbonyl (C=O) groups excluding carboxylic acids is 1. The van der Waals surface area contributed by atoms with Crippen molar-refractivity contribution in [2.75, 3.05) is 26.3 Å². The van der Waals surface area contributed by atoms with E-state index in [1.165, 1.54) is 5.56 Å². The lowest BCUT2D eigenvalue weighted by molar-refractivity contribution is -0.135. The summed E-state index contributed by atoms with van der Waals surface area (Å²) in [4.78, 5) is 14.0. The molecule has 1 saturated heterocycles. The van der Waals surface area contributed by atoms with Crippen LogP contribution in [0.2, 0.25) is 0 Å². The molecule has 3 heteroatoms. The predicted octanol–water partition coefficient (Wildman–Crippen LogP) is 2.04. The quantitative estimate of drug-likeness (QED) is 0.799. The fourth-order valence-corrected chi connectivity index (χ4v) is 2.10. The maximum Gasteiger partial charge on any atom is 0.223 e. The van der Waals surface area contributed by atoms with Crippen LogP contribution < -0.4 is 0 Å². The van der Waals surface area contributed by atoms with Gasteiger partial charge in [-0.2, -0.15) is 0 Å². The Morgan fingerprint density at radius 2 is 1.94 bits per heavy atom. The zero-order chi connectivity index (χ0) is 12.1. The molecule has 0 radical (unpaired) electrons. The van der Waals surface area contributed by atoms with Gasteiger partial charge in [-0.3, -0.25) is 4.79 Å². The van der Waals surface area contributed by atoms with Crippen molar-refractivity contribution in [3.8, 4) is 0 Å². The molecule has 1 aliphatic rings. The molecule has 1 fully saturated rings. The second-order valence-corrected chi connectivity index (χ2v) is 4.51. The minimum Gasteiger partial charge on any atom is -0.378 e. The highest BCUT2D eigenvalue weighted by molar-refractivity contribution is 5.77. The number of hydrogen-bond acceptors (Lipinski definition) is 2. The van der Waals surface area contributed by atoms with Gasteiger partial charge in [-0.05, 0) is 11.5 Å². The van der Waals surface area contributed by atoms with E-state index in [4.69, 9.17) is 4.74 Å². The zero-order valence-corrected chi connectivity index (χ0v) is 10.3. The number of morpholine rings is 1. The van der Waals surface area contributed by atoms with Crippen LogP contribution in [0.4, 0.5) is 0 Å². The summed E-state index contributed by atoms with van der Waals surface area (Å²) in [5.74, 6) is 0.524. The molecule has 1 atom stereocenters. The first-order valence-electron chi connectivity index (χ1n) is 6.18. The van der Waals surface area contributed by atoms with Gasteiger partial charge in [0.1, 0.15) is 0 Å². The average Bonchev–Trinajstić information content (AvgIpc) is 2.40. The van der Waals surface area contributed by atoms with Gasteiger partial charge in [0.15, 0.2) is 0 Å². The Balaban J connectivity index is 1.89. The zero-order valence-electron chi connectivity index (χ0n) is 10.3. The predicted molar refractivity (Wildman–Crippen MR) is 66.9 cm³/mol. The van der Waals surface area contributed by atoms with E-state index in [-0.39, 0.29) is 11.8 Å². The lowest BCUT2D eigenvalue weighted by Crippen LogP contribution is -2.41. The molecule has 1 aromatic carbocycles. The van der Waals surface area contributed by atoms with Crippen LogP contribution in [0, 0.1) is 0 Å². The molecule has 3 nitrogen and oxygen atoms in total. The maximum absolute atomic E-state index is 12.1. The summed E-state index contributed by atoms with van der Waals surface area (Å²) in [7, 11) is 0. The van der Waals surface area contributed by atoms with E-state index in [9.17, 15) is 4.79 Å². The maximum atomic E-state index is 12.1. The Hall–Kier alpha value is -1.35. The molecule has 0 N–H and O–H groups in total. The highest BCUT2D eigenvalue weighted by Crippen LogP contribution is 2.19. The molecule has 0 saturated carbocycles. The van der Waals surface area contributed by atoms with E-state index in [0.717, 1.165) is 13.1 Å². The normalized spacial score (nSPS) is 17.8. The molecule has 0 aliphatic carbocycles. The van der Waals surface area contributed by atoms with Crippen molar-refractivity contribution < 1.29 is 9.53 Å². The third kappa shape index (κ3) is 3.30. The molecule has 0 spiro atoms. The summed E-state index contributed by atoms with van der Waals surface area (Å²) in [6.07, 6.45) is 0.587. The SMILES string of the molecule is C[C@H](CC(=O)N1CCOCC1)c1ccccc1. The molecule has 0 bridgehead atoms. The summed E-state index contributed by atoms with van der Waals surface area (Å²) < 4.78 is 5.25. The van der Waals surface area contributed by atoms with Crippen LogP contribution in [-0.4, -0.2) is 37.1 Å². The number of carbonyl (C=O) groups is 1. The van der Waals surface area contributed by atoms with E-state index in [1.54, 1.807) is 0 Å². The molecule has 92 valence electrons. The van der Waals surface area contributed by atoms with Crippen molar-refractivity contribution in [1.29, 1.82) is 0 Å². The smallest absolute Gasteiger partial charge is 0.223 e. The first kappa shape index (κ1) is 12.1. The van der Waals surface area contributed by atoms with Gasteiger partial charge in [-0.1, -0.05) is 37.3 Å². The monoisotopic (exact) mass is 233 g/mol. The summed E-state index contributed by atoms with van der Waals surface area (Å²) in [6.45, 7) is 4.92. The summed E-state index contributed by atoms with van der Waals surface area (Å²) in [5.41, 5.74) is 1.23. The van der Waals surface area contributed by atoms with E-state index in [2.05, 4.69) is 19.1 Å². The summed E-state index contributed by atoms with van der Waals surface area (Å²) >= 11 is 0. The van der Waals surface area contributed by atoms with Gasteiger partial charge >= 0.3 is 0 Å². The van der Waals surface area contributed by atoms with Gasteiger partial charge in [-0.15, -0.1) is 0 Å². The van der Waals surface area contributed by atoms with Crippen molar-refractivity contribution in [2.45, 2.75) is 19.3 Å². The first-order valence-corrected chi connectivity index (χ1v) is 6.18. The van der Waals surface area contributed by atoms with Crippen molar-refractivity contribution >= 4 is 5.91 Å². The number of nitrogens with zero attached hydrogens (tertiary/aromatic N) is 1. The Kier molecular flexibility index (Phi) is 4.15. The van der Waals surface area contributed by atoms with Crippen molar-refractivity contribution in [3.05, 3.63) is 35.9 Å².